The first-order valence-corrected chi connectivity index (χ1v) is 12.8. The summed E-state index contributed by atoms with van der Waals surface area (Å²) in [5.41, 5.74) is 11.5. The number of rotatable bonds is 7. The highest BCUT2D eigenvalue weighted by molar-refractivity contribution is 9.10. The SMILES string of the molecule is CNc1ncc2cc(C3=CNNC3(CC(=O)N3C[C@H](F)C[C@H]3C(=O)Nc3cccc(Br)n3)C(N)=O)ccc2n1. The standard InChI is InChI=1S/C25H25BrFN9O3/c1-29-24-30-10-14-7-13(5-6-17(14)32-24)16-11-31-35-25(16,23(28)39)9-21(37)36-12-15(27)8-18(36)22(38)34-20-4-2-3-19(26)33-20/h2-7,10-11,15,18,31,35H,8-9,12H2,1H3,(H2,28,39)(H,29,30,32)(H,33,34,38)/t15-,18+,25?/m1/s1. The first-order valence-electron chi connectivity index (χ1n) is 12.1. The molecule has 0 spiro atoms. The van der Waals surface area contributed by atoms with Gasteiger partial charge in [-0.25, -0.2) is 24.8 Å². The number of hydrogen-bond acceptors (Lipinski definition) is 9. The molecule has 2 aliphatic rings. The third kappa shape index (κ3) is 5.12. The van der Waals surface area contributed by atoms with Crippen molar-refractivity contribution in [2.75, 3.05) is 24.2 Å². The van der Waals surface area contributed by atoms with E-state index in [1.165, 1.54) is 0 Å². The maximum absolute atomic E-state index is 14.5. The third-order valence-electron chi connectivity index (χ3n) is 6.75. The molecule has 0 bridgehead atoms. The Morgan fingerprint density at radius 3 is 2.82 bits per heavy atom. The van der Waals surface area contributed by atoms with Gasteiger partial charge in [-0.3, -0.25) is 14.4 Å². The van der Waals surface area contributed by atoms with Crippen molar-refractivity contribution < 1.29 is 18.8 Å². The van der Waals surface area contributed by atoms with E-state index in [4.69, 9.17) is 5.73 Å². The van der Waals surface area contributed by atoms with Gasteiger partial charge in [-0.2, -0.15) is 0 Å². The number of pyridine rings is 1. The number of aromatic nitrogens is 3. The molecule has 3 amide bonds. The lowest BCUT2D eigenvalue weighted by atomic mass is 9.82. The summed E-state index contributed by atoms with van der Waals surface area (Å²) in [5, 5.41) is 6.22. The van der Waals surface area contributed by atoms with E-state index in [0.717, 1.165) is 4.90 Å². The van der Waals surface area contributed by atoms with E-state index in [0.29, 0.717) is 32.6 Å². The Balaban J connectivity index is 1.40. The number of nitrogens with one attached hydrogen (secondary N) is 4. The van der Waals surface area contributed by atoms with Crippen LogP contribution in [0.1, 0.15) is 18.4 Å². The number of fused-ring (bicyclic) bond motifs is 1. The van der Waals surface area contributed by atoms with E-state index in [9.17, 15) is 18.8 Å². The number of benzene rings is 1. The van der Waals surface area contributed by atoms with Crippen LogP contribution in [0.5, 0.6) is 0 Å². The molecule has 1 fully saturated rings. The second-order valence-corrected chi connectivity index (χ2v) is 10.0. The lowest BCUT2D eigenvalue weighted by Crippen LogP contribution is -2.59. The highest BCUT2D eigenvalue weighted by Crippen LogP contribution is 2.35. The first kappa shape index (κ1) is 26.4. The summed E-state index contributed by atoms with van der Waals surface area (Å²) in [7, 11) is 1.71. The second-order valence-electron chi connectivity index (χ2n) is 9.22. The average molecular weight is 598 g/mol. The van der Waals surface area contributed by atoms with E-state index < -0.39 is 41.9 Å². The van der Waals surface area contributed by atoms with E-state index in [2.05, 4.69) is 52.4 Å². The Hall–Kier alpha value is -4.17. The Morgan fingerprint density at radius 1 is 1.26 bits per heavy atom. The summed E-state index contributed by atoms with van der Waals surface area (Å²) in [6.07, 6.45) is 1.16. The normalized spacial score (nSPS) is 22.3. The number of nitrogens with two attached hydrogens (primary N) is 1. The van der Waals surface area contributed by atoms with Crippen LogP contribution in [-0.4, -0.2) is 68.9 Å². The van der Waals surface area contributed by atoms with E-state index in [1.54, 1.807) is 55.8 Å². The van der Waals surface area contributed by atoms with Crippen LogP contribution >= 0.6 is 15.9 Å². The zero-order valence-corrected chi connectivity index (χ0v) is 22.3. The van der Waals surface area contributed by atoms with Crippen molar-refractivity contribution in [3.63, 3.8) is 0 Å². The van der Waals surface area contributed by atoms with Crippen LogP contribution in [0.15, 0.2) is 53.4 Å². The summed E-state index contributed by atoms with van der Waals surface area (Å²) in [6.45, 7) is -0.286. The highest BCUT2D eigenvalue weighted by atomic mass is 79.9. The van der Waals surface area contributed by atoms with Gasteiger partial charge in [0, 0.05) is 36.8 Å². The monoisotopic (exact) mass is 597 g/mol. The van der Waals surface area contributed by atoms with Crippen molar-refractivity contribution in [2.45, 2.75) is 30.6 Å². The maximum atomic E-state index is 14.5. The van der Waals surface area contributed by atoms with Crippen molar-refractivity contribution in [1.29, 1.82) is 0 Å². The van der Waals surface area contributed by atoms with Gasteiger partial charge in [-0.15, -0.1) is 0 Å². The average Bonchev–Trinajstić information content (AvgIpc) is 3.52. The molecule has 1 unspecified atom stereocenters. The molecular formula is C25H25BrFN9O3. The number of carbonyl (C=O) groups excluding carboxylic acids is 3. The molecule has 39 heavy (non-hydrogen) atoms. The topological polar surface area (TPSA) is 167 Å². The lowest BCUT2D eigenvalue weighted by molar-refractivity contribution is -0.139. The minimum Gasteiger partial charge on any atom is -0.368 e. The molecule has 6 N–H and O–H groups in total. The highest BCUT2D eigenvalue weighted by Gasteiger charge is 2.49. The summed E-state index contributed by atoms with van der Waals surface area (Å²) in [5.74, 6) is -1.29. The van der Waals surface area contributed by atoms with Gasteiger partial charge in [0.15, 0.2) is 5.54 Å². The fourth-order valence-electron chi connectivity index (χ4n) is 4.82. The van der Waals surface area contributed by atoms with Crippen molar-refractivity contribution in [3.05, 3.63) is 59.0 Å². The third-order valence-corrected chi connectivity index (χ3v) is 7.19. The van der Waals surface area contributed by atoms with Crippen LogP contribution in [0.3, 0.4) is 0 Å². The maximum Gasteiger partial charge on any atom is 0.248 e. The molecule has 1 saturated heterocycles. The molecule has 0 saturated carbocycles. The van der Waals surface area contributed by atoms with E-state index in [1.807, 2.05) is 0 Å². The molecule has 3 aromatic rings. The van der Waals surface area contributed by atoms with Crippen molar-refractivity contribution in [3.8, 4) is 0 Å². The minimum absolute atomic E-state index is 0.178. The molecule has 2 aliphatic heterocycles. The molecule has 1 aromatic carbocycles. The van der Waals surface area contributed by atoms with E-state index >= 15 is 0 Å². The van der Waals surface area contributed by atoms with Crippen molar-refractivity contribution in [1.82, 2.24) is 30.7 Å². The van der Waals surface area contributed by atoms with Gasteiger partial charge in [-0.1, -0.05) is 12.1 Å². The Labute approximate surface area is 230 Å². The summed E-state index contributed by atoms with van der Waals surface area (Å²) < 4.78 is 15.0. The smallest absolute Gasteiger partial charge is 0.248 e. The largest absolute Gasteiger partial charge is 0.368 e. The molecule has 14 heteroatoms. The van der Waals surface area contributed by atoms with Crippen LogP contribution < -0.4 is 27.2 Å². The van der Waals surface area contributed by atoms with Gasteiger partial charge >= 0.3 is 0 Å². The van der Waals surface area contributed by atoms with Crippen LogP contribution in [0.25, 0.3) is 16.5 Å². The quantitative estimate of drug-likeness (QED) is 0.253. The Kier molecular flexibility index (Phi) is 7.14. The number of anilines is 2. The van der Waals surface area contributed by atoms with Gasteiger partial charge in [0.05, 0.1) is 18.5 Å². The zero-order chi connectivity index (χ0) is 27.7. The van der Waals surface area contributed by atoms with Gasteiger partial charge in [0.1, 0.15) is 22.6 Å². The fourth-order valence-corrected chi connectivity index (χ4v) is 5.16. The number of nitrogens with zero attached hydrogens (tertiary/aromatic N) is 4. The molecule has 2 aromatic heterocycles. The van der Waals surface area contributed by atoms with Gasteiger partial charge < -0.3 is 26.7 Å². The van der Waals surface area contributed by atoms with Gasteiger partial charge in [-0.05, 0) is 45.8 Å². The molecule has 0 aliphatic carbocycles. The lowest BCUT2D eigenvalue weighted by Gasteiger charge is -2.32. The zero-order valence-electron chi connectivity index (χ0n) is 20.7. The Morgan fingerprint density at radius 2 is 2.08 bits per heavy atom. The molecule has 3 atom stereocenters. The summed E-state index contributed by atoms with van der Waals surface area (Å²) in [6, 6.07) is 9.18. The molecule has 12 nitrogen and oxygen atoms in total. The predicted molar refractivity (Wildman–Crippen MR) is 145 cm³/mol. The van der Waals surface area contributed by atoms with Crippen LogP contribution in [0.4, 0.5) is 16.2 Å². The molecule has 0 radical (unpaired) electrons. The van der Waals surface area contributed by atoms with E-state index in [-0.39, 0.29) is 18.8 Å². The fraction of sp³-hybridized carbons (Fsp3) is 0.280. The summed E-state index contributed by atoms with van der Waals surface area (Å²) >= 11 is 3.23. The predicted octanol–water partition coefficient (Wildman–Crippen LogP) is 1.47. The van der Waals surface area contributed by atoms with Crippen LogP contribution in [0.2, 0.25) is 0 Å². The molecule has 5 rings (SSSR count). The van der Waals surface area contributed by atoms with Crippen LogP contribution in [0, 0.1) is 0 Å². The number of carbonyl (C=O) groups is 3. The number of halogens is 2. The van der Waals surface area contributed by atoms with Crippen molar-refractivity contribution in [2.24, 2.45) is 5.73 Å². The minimum atomic E-state index is -1.65. The Bertz CT molecular complexity index is 1500. The number of primary amides is 1. The van der Waals surface area contributed by atoms with Gasteiger partial charge in [0.25, 0.3) is 0 Å². The number of amides is 3. The number of hydrogen-bond donors (Lipinski definition) is 5. The van der Waals surface area contributed by atoms with Gasteiger partial charge in [0.2, 0.25) is 23.7 Å². The molecule has 202 valence electrons. The first-order chi connectivity index (χ1) is 18.7. The second kappa shape index (κ2) is 10.5. The number of likely N-dealkylation sites (tertiary alicyclic amines) is 1. The number of alkyl halides is 1. The number of hydrazine groups is 1. The van der Waals surface area contributed by atoms with Crippen molar-refractivity contribution >= 4 is 61.9 Å². The molecular weight excluding hydrogens is 573 g/mol. The van der Waals surface area contributed by atoms with Crippen LogP contribution in [-0.2, 0) is 14.4 Å². The summed E-state index contributed by atoms with van der Waals surface area (Å²) in [4.78, 5) is 53.4. The molecule has 4 heterocycles.